The van der Waals surface area contributed by atoms with Crippen LogP contribution in [0.2, 0.25) is 0 Å². The second-order valence-electron chi connectivity index (χ2n) is 6.53. The van der Waals surface area contributed by atoms with Crippen LogP contribution in [0.25, 0.3) is 0 Å². The van der Waals surface area contributed by atoms with Gasteiger partial charge in [0.15, 0.2) is 5.13 Å². The van der Waals surface area contributed by atoms with Crippen LogP contribution in [-0.4, -0.2) is 35.8 Å². The number of aliphatic hydroxyl groups excluding tert-OH is 1. The number of aryl methyl sites for hydroxylation is 2. The van der Waals surface area contributed by atoms with Crippen molar-refractivity contribution in [3.8, 4) is 0 Å². The molecule has 4 nitrogen and oxygen atoms in total. The van der Waals surface area contributed by atoms with Gasteiger partial charge in [0.1, 0.15) is 0 Å². The van der Waals surface area contributed by atoms with Gasteiger partial charge in [-0.2, -0.15) is 0 Å². The largest absolute Gasteiger partial charge is 0.394 e. The molecule has 0 saturated carbocycles. The summed E-state index contributed by atoms with van der Waals surface area (Å²) >= 11 is 1.73. The standard InChI is InChI=1S/C19H27N3OS/c1-3-15-4-6-16(7-5-15)18(12-23)21-17-8-10-22(11-9-17)19-20-14(2)13-24-19/h4-7,13,17-18,21,23H,3,8-12H2,1-2H3. The zero-order valence-corrected chi connectivity index (χ0v) is 15.4. The lowest BCUT2D eigenvalue weighted by Gasteiger charge is -2.34. The van der Waals surface area contributed by atoms with Crippen LogP contribution < -0.4 is 10.2 Å². The first-order valence-electron chi connectivity index (χ1n) is 8.82. The van der Waals surface area contributed by atoms with Crippen LogP contribution in [0, 0.1) is 6.92 Å². The lowest BCUT2D eigenvalue weighted by Crippen LogP contribution is -2.44. The third-order valence-corrected chi connectivity index (χ3v) is 5.80. The van der Waals surface area contributed by atoms with Gasteiger partial charge in [-0.05, 0) is 37.3 Å². The Balaban J connectivity index is 1.55. The van der Waals surface area contributed by atoms with Gasteiger partial charge < -0.3 is 15.3 Å². The highest BCUT2D eigenvalue weighted by atomic mass is 32.1. The van der Waals surface area contributed by atoms with Crippen LogP contribution >= 0.6 is 11.3 Å². The smallest absolute Gasteiger partial charge is 0.185 e. The molecular weight excluding hydrogens is 318 g/mol. The Kier molecular flexibility index (Phi) is 5.87. The van der Waals surface area contributed by atoms with Crippen molar-refractivity contribution >= 4 is 16.5 Å². The predicted molar refractivity (Wildman–Crippen MR) is 101 cm³/mol. The fourth-order valence-electron chi connectivity index (χ4n) is 3.25. The quantitative estimate of drug-likeness (QED) is 0.843. The summed E-state index contributed by atoms with van der Waals surface area (Å²) in [6.07, 6.45) is 3.22. The highest BCUT2D eigenvalue weighted by Gasteiger charge is 2.23. The van der Waals surface area contributed by atoms with Crippen LogP contribution in [0.5, 0.6) is 0 Å². The molecule has 1 unspecified atom stereocenters. The van der Waals surface area contributed by atoms with Crippen LogP contribution in [0.1, 0.15) is 42.6 Å². The molecule has 0 amide bonds. The molecule has 2 heterocycles. The Morgan fingerprint density at radius 1 is 1.29 bits per heavy atom. The first-order chi connectivity index (χ1) is 11.7. The first kappa shape index (κ1) is 17.4. The van der Waals surface area contributed by atoms with Gasteiger partial charge in [-0.3, -0.25) is 0 Å². The monoisotopic (exact) mass is 345 g/mol. The molecule has 1 atom stereocenters. The van der Waals surface area contributed by atoms with Crippen molar-refractivity contribution in [1.82, 2.24) is 10.3 Å². The Bertz CT molecular complexity index is 632. The number of hydrogen-bond donors (Lipinski definition) is 2. The maximum Gasteiger partial charge on any atom is 0.185 e. The molecular formula is C19H27N3OS. The van der Waals surface area contributed by atoms with Crippen LogP contribution in [0.15, 0.2) is 29.6 Å². The van der Waals surface area contributed by atoms with Gasteiger partial charge >= 0.3 is 0 Å². The molecule has 2 aromatic rings. The highest BCUT2D eigenvalue weighted by Crippen LogP contribution is 2.25. The molecule has 5 heteroatoms. The van der Waals surface area contributed by atoms with E-state index in [1.54, 1.807) is 11.3 Å². The fraction of sp³-hybridized carbons (Fsp3) is 0.526. The van der Waals surface area contributed by atoms with Crippen LogP contribution in [0.4, 0.5) is 5.13 Å². The molecule has 24 heavy (non-hydrogen) atoms. The first-order valence-corrected chi connectivity index (χ1v) is 9.70. The minimum absolute atomic E-state index is 0.0227. The van der Waals surface area contributed by atoms with E-state index in [1.807, 2.05) is 6.92 Å². The molecule has 130 valence electrons. The number of rotatable bonds is 6. The van der Waals surface area contributed by atoms with E-state index in [2.05, 4.69) is 51.8 Å². The summed E-state index contributed by atoms with van der Waals surface area (Å²) in [5.41, 5.74) is 3.61. The molecule has 1 aliphatic heterocycles. The summed E-state index contributed by atoms with van der Waals surface area (Å²) in [6, 6.07) is 9.07. The molecule has 1 aromatic carbocycles. The average Bonchev–Trinajstić information content (AvgIpc) is 3.07. The number of aliphatic hydroxyl groups is 1. The summed E-state index contributed by atoms with van der Waals surface area (Å²) in [6.45, 7) is 6.39. The van der Waals surface area contributed by atoms with E-state index in [4.69, 9.17) is 0 Å². The van der Waals surface area contributed by atoms with E-state index < -0.39 is 0 Å². The van der Waals surface area contributed by atoms with Crippen molar-refractivity contribution < 1.29 is 5.11 Å². The Labute approximate surface area is 148 Å². The van der Waals surface area contributed by atoms with E-state index in [0.29, 0.717) is 6.04 Å². The summed E-state index contributed by atoms with van der Waals surface area (Å²) in [4.78, 5) is 6.96. The molecule has 0 bridgehead atoms. The normalized spacial score (nSPS) is 17.2. The van der Waals surface area contributed by atoms with E-state index in [0.717, 1.165) is 43.2 Å². The average molecular weight is 346 g/mol. The minimum Gasteiger partial charge on any atom is -0.394 e. The molecule has 0 spiro atoms. The zero-order chi connectivity index (χ0) is 16.9. The van der Waals surface area contributed by atoms with Gasteiger partial charge in [0.2, 0.25) is 0 Å². The number of anilines is 1. The SMILES string of the molecule is CCc1ccc(C(CO)NC2CCN(c3nc(C)cs3)CC2)cc1. The number of nitrogens with one attached hydrogen (secondary N) is 1. The molecule has 0 aliphatic carbocycles. The molecule has 3 rings (SSSR count). The minimum atomic E-state index is 0.0227. The number of hydrogen-bond acceptors (Lipinski definition) is 5. The van der Waals surface area contributed by atoms with E-state index in [1.165, 1.54) is 11.1 Å². The maximum atomic E-state index is 9.79. The van der Waals surface area contributed by atoms with E-state index >= 15 is 0 Å². The van der Waals surface area contributed by atoms with Gasteiger partial charge in [-0.1, -0.05) is 31.2 Å². The predicted octanol–water partition coefficient (Wildman–Crippen LogP) is 3.31. The Morgan fingerprint density at radius 3 is 2.54 bits per heavy atom. The summed E-state index contributed by atoms with van der Waals surface area (Å²) in [5, 5.41) is 16.7. The fourth-order valence-corrected chi connectivity index (χ4v) is 4.11. The Morgan fingerprint density at radius 2 is 2.00 bits per heavy atom. The van der Waals surface area contributed by atoms with Crippen molar-refractivity contribution in [3.05, 3.63) is 46.5 Å². The number of thiazole rings is 1. The van der Waals surface area contributed by atoms with E-state index in [-0.39, 0.29) is 12.6 Å². The third kappa shape index (κ3) is 4.15. The second-order valence-corrected chi connectivity index (χ2v) is 7.37. The number of aromatic nitrogens is 1. The molecule has 1 aromatic heterocycles. The Hall–Kier alpha value is -1.43. The van der Waals surface area contributed by atoms with Crippen LogP contribution in [-0.2, 0) is 6.42 Å². The van der Waals surface area contributed by atoms with E-state index in [9.17, 15) is 5.11 Å². The van der Waals surface area contributed by atoms with Gasteiger partial charge in [0.25, 0.3) is 0 Å². The van der Waals surface area contributed by atoms with Crippen molar-refractivity contribution in [3.63, 3.8) is 0 Å². The van der Waals surface area contributed by atoms with Crippen molar-refractivity contribution in [2.45, 2.75) is 45.2 Å². The summed E-state index contributed by atoms with van der Waals surface area (Å²) in [5.74, 6) is 0. The molecule has 1 aliphatic rings. The molecule has 2 N–H and O–H groups in total. The van der Waals surface area contributed by atoms with Crippen LogP contribution in [0.3, 0.4) is 0 Å². The van der Waals surface area contributed by atoms with Gasteiger partial charge in [0.05, 0.1) is 18.3 Å². The van der Waals surface area contributed by atoms with Crippen molar-refractivity contribution in [2.24, 2.45) is 0 Å². The van der Waals surface area contributed by atoms with Crippen molar-refractivity contribution in [2.75, 3.05) is 24.6 Å². The number of piperidine rings is 1. The molecule has 1 saturated heterocycles. The third-order valence-electron chi connectivity index (χ3n) is 4.78. The molecule has 1 fully saturated rings. The summed E-state index contributed by atoms with van der Waals surface area (Å²) in [7, 11) is 0. The lowest BCUT2D eigenvalue weighted by atomic mass is 10.00. The molecule has 0 radical (unpaired) electrons. The van der Waals surface area contributed by atoms with Gasteiger partial charge in [-0.15, -0.1) is 11.3 Å². The second kappa shape index (κ2) is 8.10. The number of benzene rings is 1. The zero-order valence-electron chi connectivity index (χ0n) is 14.5. The van der Waals surface area contributed by atoms with Gasteiger partial charge in [-0.25, -0.2) is 4.98 Å². The lowest BCUT2D eigenvalue weighted by molar-refractivity contribution is 0.225. The maximum absolute atomic E-state index is 9.79. The topological polar surface area (TPSA) is 48.4 Å². The summed E-state index contributed by atoms with van der Waals surface area (Å²) < 4.78 is 0. The van der Waals surface area contributed by atoms with Gasteiger partial charge in [0, 0.05) is 24.5 Å². The van der Waals surface area contributed by atoms with Crippen molar-refractivity contribution in [1.29, 1.82) is 0 Å². The highest BCUT2D eigenvalue weighted by molar-refractivity contribution is 7.13. The number of nitrogens with zero attached hydrogens (tertiary/aromatic N) is 2.